The smallest absolute Gasteiger partial charge is 0.161 e. The van der Waals surface area contributed by atoms with E-state index in [1.165, 1.54) is 0 Å². The van der Waals surface area contributed by atoms with Gasteiger partial charge in [0.25, 0.3) is 0 Å². The van der Waals surface area contributed by atoms with Crippen LogP contribution in [0.2, 0.25) is 0 Å². The second kappa shape index (κ2) is 6.07. The Kier molecular flexibility index (Phi) is 4.44. The lowest BCUT2D eigenvalue weighted by Gasteiger charge is -2.28. The maximum absolute atomic E-state index is 9.91. The predicted molar refractivity (Wildman–Crippen MR) is 69.8 cm³/mol. The van der Waals surface area contributed by atoms with Crippen molar-refractivity contribution in [1.82, 2.24) is 0 Å². The zero-order valence-electron chi connectivity index (χ0n) is 10.8. The minimum absolute atomic E-state index is 0.128. The van der Waals surface area contributed by atoms with Gasteiger partial charge in [0, 0.05) is 6.54 Å². The van der Waals surface area contributed by atoms with Gasteiger partial charge in [0.2, 0.25) is 0 Å². The first kappa shape index (κ1) is 13.2. The van der Waals surface area contributed by atoms with Crippen molar-refractivity contribution in [2.45, 2.75) is 44.4 Å². The van der Waals surface area contributed by atoms with Gasteiger partial charge in [-0.05, 0) is 37.0 Å². The van der Waals surface area contributed by atoms with Crippen LogP contribution in [0.4, 0.5) is 0 Å². The molecular formula is C14H21NO3. The van der Waals surface area contributed by atoms with E-state index in [2.05, 4.69) is 0 Å². The van der Waals surface area contributed by atoms with Gasteiger partial charge >= 0.3 is 0 Å². The van der Waals surface area contributed by atoms with Crippen LogP contribution in [0.25, 0.3) is 0 Å². The van der Waals surface area contributed by atoms with Crippen LogP contribution in [0.15, 0.2) is 18.2 Å². The fourth-order valence-electron chi connectivity index (χ4n) is 2.31. The molecule has 0 amide bonds. The average Bonchev–Trinajstić information content (AvgIpc) is 2.41. The number of methoxy groups -OCH3 is 1. The average molecular weight is 251 g/mol. The van der Waals surface area contributed by atoms with Crippen LogP contribution >= 0.6 is 0 Å². The molecule has 0 spiro atoms. The van der Waals surface area contributed by atoms with E-state index in [4.69, 9.17) is 15.2 Å². The first-order chi connectivity index (χ1) is 8.74. The van der Waals surface area contributed by atoms with Gasteiger partial charge in [0.05, 0.1) is 13.2 Å². The number of hydrogen-bond donors (Lipinski definition) is 2. The molecule has 4 heteroatoms. The molecule has 1 aromatic carbocycles. The highest BCUT2D eigenvalue weighted by molar-refractivity contribution is 5.43. The summed E-state index contributed by atoms with van der Waals surface area (Å²) >= 11 is 0. The molecule has 0 aromatic heterocycles. The van der Waals surface area contributed by atoms with Crippen molar-refractivity contribution in [3.05, 3.63) is 23.8 Å². The normalized spacial score (nSPS) is 23.7. The van der Waals surface area contributed by atoms with E-state index >= 15 is 0 Å². The molecule has 1 aliphatic rings. The van der Waals surface area contributed by atoms with E-state index in [0.29, 0.717) is 18.0 Å². The topological polar surface area (TPSA) is 64.7 Å². The highest BCUT2D eigenvalue weighted by Crippen LogP contribution is 2.31. The number of rotatable bonds is 4. The molecule has 100 valence electrons. The van der Waals surface area contributed by atoms with Crippen LogP contribution in [-0.4, -0.2) is 24.4 Å². The lowest BCUT2D eigenvalue weighted by atomic mass is 9.95. The molecule has 0 saturated heterocycles. The third-order valence-electron chi connectivity index (χ3n) is 3.41. The maximum Gasteiger partial charge on any atom is 0.161 e. The fraction of sp³-hybridized carbons (Fsp3) is 0.571. The predicted octanol–water partition coefficient (Wildman–Crippen LogP) is 1.84. The first-order valence-electron chi connectivity index (χ1n) is 6.46. The summed E-state index contributed by atoms with van der Waals surface area (Å²) in [7, 11) is 1.61. The molecule has 1 aromatic rings. The summed E-state index contributed by atoms with van der Waals surface area (Å²) in [6.07, 6.45) is 3.38. The van der Waals surface area contributed by atoms with E-state index in [1.807, 2.05) is 18.2 Å². The molecule has 1 aliphatic carbocycles. The molecule has 2 rings (SSSR count). The summed E-state index contributed by atoms with van der Waals surface area (Å²) < 4.78 is 11.2. The van der Waals surface area contributed by atoms with Gasteiger partial charge in [0.15, 0.2) is 11.5 Å². The number of aliphatic hydroxyl groups is 1. The Balaban J connectivity index is 2.12. The van der Waals surface area contributed by atoms with Gasteiger partial charge in [0.1, 0.15) is 6.10 Å². The third-order valence-corrected chi connectivity index (χ3v) is 3.41. The number of hydrogen-bond acceptors (Lipinski definition) is 4. The van der Waals surface area contributed by atoms with Gasteiger partial charge in [-0.25, -0.2) is 0 Å². The molecule has 3 N–H and O–H groups in total. The van der Waals surface area contributed by atoms with E-state index in [1.54, 1.807) is 7.11 Å². The largest absolute Gasteiger partial charge is 0.493 e. The van der Waals surface area contributed by atoms with Crippen LogP contribution in [0, 0.1) is 0 Å². The Labute approximate surface area is 108 Å². The van der Waals surface area contributed by atoms with E-state index in [0.717, 1.165) is 31.2 Å². The number of benzene rings is 1. The highest BCUT2D eigenvalue weighted by Gasteiger charge is 2.25. The molecule has 0 radical (unpaired) electrons. The Morgan fingerprint density at radius 3 is 2.72 bits per heavy atom. The summed E-state index contributed by atoms with van der Waals surface area (Å²) in [5, 5.41) is 9.91. The molecule has 1 fully saturated rings. The van der Waals surface area contributed by atoms with Gasteiger partial charge < -0.3 is 20.3 Å². The van der Waals surface area contributed by atoms with Crippen LogP contribution in [0.5, 0.6) is 11.5 Å². The summed E-state index contributed by atoms with van der Waals surface area (Å²) in [6, 6.07) is 5.67. The zero-order valence-corrected chi connectivity index (χ0v) is 10.8. The summed E-state index contributed by atoms with van der Waals surface area (Å²) in [5.74, 6) is 1.36. The Morgan fingerprint density at radius 1 is 1.28 bits per heavy atom. The van der Waals surface area contributed by atoms with E-state index < -0.39 is 0 Å². The number of ether oxygens (including phenoxy) is 2. The lowest BCUT2D eigenvalue weighted by Crippen LogP contribution is -2.34. The minimum Gasteiger partial charge on any atom is -0.493 e. The molecule has 2 unspecified atom stereocenters. The van der Waals surface area contributed by atoms with Crippen molar-refractivity contribution >= 4 is 0 Å². The van der Waals surface area contributed by atoms with Crippen LogP contribution in [0.3, 0.4) is 0 Å². The Bertz CT molecular complexity index is 395. The van der Waals surface area contributed by atoms with Crippen LogP contribution < -0.4 is 15.2 Å². The lowest BCUT2D eigenvalue weighted by molar-refractivity contribution is 0.00567. The van der Waals surface area contributed by atoms with Crippen molar-refractivity contribution in [1.29, 1.82) is 0 Å². The van der Waals surface area contributed by atoms with Gasteiger partial charge in [-0.1, -0.05) is 12.5 Å². The molecule has 4 nitrogen and oxygen atoms in total. The standard InChI is InChI=1S/C14H21NO3/c1-17-14-8-10(9-15)6-7-13(14)18-12-5-3-2-4-11(12)16/h6-8,11-12,16H,2-5,9,15H2,1H3. The molecule has 18 heavy (non-hydrogen) atoms. The molecule has 0 aliphatic heterocycles. The van der Waals surface area contributed by atoms with Crippen LogP contribution in [0.1, 0.15) is 31.2 Å². The van der Waals surface area contributed by atoms with Crippen molar-refractivity contribution in [2.75, 3.05) is 7.11 Å². The van der Waals surface area contributed by atoms with Crippen molar-refractivity contribution in [2.24, 2.45) is 5.73 Å². The van der Waals surface area contributed by atoms with Crippen molar-refractivity contribution in [3.8, 4) is 11.5 Å². The van der Waals surface area contributed by atoms with Gasteiger partial charge in [-0.15, -0.1) is 0 Å². The Morgan fingerprint density at radius 2 is 2.06 bits per heavy atom. The SMILES string of the molecule is COc1cc(CN)ccc1OC1CCCCC1O. The number of nitrogens with two attached hydrogens (primary N) is 1. The summed E-state index contributed by atoms with van der Waals surface area (Å²) in [4.78, 5) is 0. The molecular weight excluding hydrogens is 230 g/mol. The van der Waals surface area contributed by atoms with E-state index in [9.17, 15) is 5.11 Å². The quantitative estimate of drug-likeness (QED) is 0.857. The van der Waals surface area contributed by atoms with Crippen molar-refractivity contribution in [3.63, 3.8) is 0 Å². The summed E-state index contributed by atoms with van der Waals surface area (Å²) in [5.41, 5.74) is 6.60. The molecule has 2 atom stereocenters. The number of aliphatic hydroxyl groups excluding tert-OH is 1. The minimum atomic E-state index is -0.377. The van der Waals surface area contributed by atoms with Crippen molar-refractivity contribution < 1.29 is 14.6 Å². The second-order valence-corrected chi connectivity index (χ2v) is 4.70. The van der Waals surface area contributed by atoms with Crippen LogP contribution in [-0.2, 0) is 6.54 Å². The van der Waals surface area contributed by atoms with E-state index in [-0.39, 0.29) is 12.2 Å². The van der Waals surface area contributed by atoms with Gasteiger partial charge in [-0.3, -0.25) is 0 Å². The zero-order chi connectivity index (χ0) is 13.0. The molecule has 0 bridgehead atoms. The molecule has 0 heterocycles. The monoisotopic (exact) mass is 251 g/mol. The third kappa shape index (κ3) is 2.94. The first-order valence-corrected chi connectivity index (χ1v) is 6.46. The molecule has 1 saturated carbocycles. The second-order valence-electron chi connectivity index (χ2n) is 4.70. The maximum atomic E-state index is 9.91. The Hall–Kier alpha value is -1.26. The summed E-state index contributed by atoms with van der Waals surface area (Å²) in [6.45, 7) is 0.475. The highest BCUT2D eigenvalue weighted by atomic mass is 16.5. The fourth-order valence-corrected chi connectivity index (χ4v) is 2.31. The van der Waals surface area contributed by atoms with Gasteiger partial charge in [-0.2, -0.15) is 0 Å².